The van der Waals surface area contributed by atoms with Crippen molar-refractivity contribution in [3.05, 3.63) is 0 Å². The third kappa shape index (κ3) is 21.1. The molecule has 0 aliphatic heterocycles. The largest absolute Gasteiger partial charge is 0.658 e. The Bertz CT molecular complexity index is 962. The van der Waals surface area contributed by atoms with E-state index in [-0.39, 0.29) is 56.6 Å². The summed E-state index contributed by atoms with van der Waals surface area (Å²) < 4.78 is 63.1. The lowest BCUT2D eigenvalue weighted by Gasteiger charge is -2.40. The Labute approximate surface area is 319 Å². The van der Waals surface area contributed by atoms with Crippen molar-refractivity contribution in [1.82, 2.24) is 0 Å². The van der Waals surface area contributed by atoms with Gasteiger partial charge in [-0.05, 0) is 77.8 Å². The summed E-state index contributed by atoms with van der Waals surface area (Å²) in [6, 6.07) is 0. The van der Waals surface area contributed by atoms with Gasteiger partial charge in [-0.2, -0.15) is 0 Å². The molecule has 2 fully saturated rings. The summed E-state index contributed by atoms with van der Waals surface area (Å²) in [6.45, 7) is 21.5. The van der Waals surface area contributed by atoms with E-state index in [1.54, 1.807) is 0 Å². The van der Waals surface area contributed by atoms with Gasteiger partial charge < -0.3 is 45.3 Å². The van der Waals surface area contributed by atoms with Crippen molar-refractivity contribution in [2.45, 2.75) is 162 Å². The zero-order chi connectivity index (χ0) is 38.8. The summed E-state index contributed by atoms with van der Waals surface area (Å²) >= 11 is 0. The zero-order valence-electron chi connectivity index (χ0n) is 34.3. The third-order valence-corrected chi connectivity index (χ3v) is 17.3. The predicted octanol–water partition coefficient (Wildman–Crippen LogP) is 8.36. The Morgan fingerprint density at radius 2 is 1.15 bits per heavy atom. The van der Waals surface area contributed by atoms with Crippen LogP contribution in [0, 0.1) is 11.8 Å². The molecule has 52 heavy (non-hydrogen) atoms. The van der Waals surface area contributed by atoms with Crippen LogP contribution in [0.3, 0.4) is 0 Å². The first-order chi connectivity index (χ1) is 24.4. The van der Waals surface area contributed by atoms with Crippen LogP contribution >= 0.6 is 8.15 Å². The third-order valence-electron chi connectivity index (χ3n) is 8.61. The molecule has 12 nitrogen and oxygen atoms in total. The van der Waals surface area contributed by atoms with Gasteiger partial charge in [-0.25, -0.2) is 0 Å². The van der Waals surface area contributed by atoms with E-state index in [4.69, 9.17) is 45.3 Å². The van der Waals surface area contributed by atoms with Crippen LogP contribution in [0.5, 0.6) is 0 Å². The Balaban J connectivity index is 2.33. The number of rotatable bonds is 21. The second kappa shape index (κ2) is 24.4. The van der Waals surface area contributed by atoms with Crippen molar-refractivity contribution < 1.29 is 54.9 Å². The number of esters is 2. The van der Waals surface area contributed by atoms with Gasteiger partial charge in [0.1, 0.15) is 13.2 Å². The zero-order valence-corrected chi connectivity index (χ0v) is 38.2. The second-order valence-electron chi connectivity index (χ2n) is 16.4. The van der Waals surface area contributed by atoms with E-state index in [0.29, 0.717) is 6.61 Å². The summed E-state index contributed by atoms with van der Waals surface area (Å²) in [4.78, 5) is 22.6. The van der Waals surface area contributed by atoms with Crippen LogP contribution < -0.4 is 0 Å². The first kappa shape index (κ1) is 47.9. The molecule has 306 valence electrons. The number of ether oxygens (including phenoxy) is 5. The normalized spacial score (nSPS) is 23.4. The van der Waals surface area contributed by atoms with Gasteiger partial charge in [0, 0.05) is 34.5 Å². The maximum absolute atomic E-state index is 11.3. The Morgan fingerprint density at radius 1 is 0.692 bits per heavy atom. The van der Waals surface area contributed by atoms with Crippen LogP contribution in [0.1, 0.15) is 97.8 Å². The fourth-order valence-electron chi connectivity index (χ4n) is 6.58. The first-order valence-electron chi connectivity index (χ1n) is 19.6. The van der Waals surface area contributed by atoms with Crippen molar-refractivity contribution in [3.63, 3.8) is 0 Å². The van der Waals surface area contributed by atoms with E-state index < -0.39 is 52.2 Å². The Kier molecular flexibility index (Phi) is 22.4. The second-order valence-corrected chi connectivity index (χ2v) is 29.8. The molecular formula is C36H73O12PSi3. The van der Waals surface area contributed by atoms with E-state index in [1.807, 2.05) is 0 Å². The van der Waals surface area contributed by atoms with Gasteiger partial charge in [-0.3, -0.25) is 9.59 Å². The summed E-state index contributed by atoms with van der Waals surface area (Å²) in [7, 11) is -8.76. The lowest BCUT2D eigenvalue weighted by Crippen LogP contribution is -2.61. The molecule has 2 saturated carbocycles. The highest BCUT2D eigenvalue weighted by Gasteiger charge is 2.55. The molecule has 0 amide bonds. The van der Waals surface area contributed by atoms with Gasteiger partial charge in [0.05, 0.1) is 31.5 Å². The van der Waals surface area contributed by atoms with E-state index in [1.165, 1.54) is 58.8 Å². The van der Waals surface area contributed by atoms with Crippen LogP contribution in [0.25, 0.3) is 0 Å². The van der Waals surface area contributed by atoms with Crippen molar-refractivity contribution >= 4 is 45.8 Å². The highest BCUT2D eigenvalue weighted by atomic mass is 31.1. The molecule has 16 heteroatoms. The molecule has 0 unspecified atom stereocenters. The molecule has 2 rings (SSSR count). The van der Waals surface area contributed by atoms with E-state index in [9.17, 15) is 9.59 Å². The van der Waals surface area contributed by atoms with Gasteiger partial charge in [-0.1, -0.05) is 64.7 Å². The average molecular weight is 813 g/mol. The van der Waals surface area contributed by atoms with Crippen molar-refractivity contribution in [2.24, 2.45) is 11.8 Å². The quantitative estimate of drug-likeness (QED) is 0.0364. The summed E-state index contributed by atoms with van der Waals surface area (Å²) in [5.41, 5.74) is 0. The molecule has 0 aromatic rings. The van der Waals surface area contributed by atoms with Crippen molar-refractivity contribution in [1.29, 1.82) is 0 Å². The maximum atomic E-state index is 11.3. The molecule has 0 heterocycles. The highest BCUT2D eigenvalue weighted by Crippen LogP contribution is 2.43. The minimum Gasteiger partial charge on any atom is -0.463 e. The van der Waals surface area contributed by atoms with Crippen molar-refractivity contribution in [2.75, 3.05) is 46.4 Å². The standard InChI is InChI=1S/C36H73O12PSi3/c1-29-27-32(35(45-49(4)5)34(29)44-36(41-25-23-39-30(2)37)42-26-24-40-31(3)38)28-43-52(47-50(6,7)8,48-51(9,10)11)46-33-21-19-17-15-13-12-14-16-18-20-22-33/h29,32-36H,12-28H2,1-11H3/t29-,32-,34+,35-/m1/s1. The van der Waals surface area contributed by atoms with Gasteiger partial charge in [-0.15, -0.1) is 0 Å². The van der Waals surface area contributed by atoms with Crippen LogP contribution in [0.4, 0.5) is 0 Å². The lowest BCUT2D eigenvalue weighted by atomic mass is 10.00. The first-order valence-corrected chi connectivity index (χ1v) is 30.2. The monoisotopic (exact) mass is 812 g/mol. The number of carbonyl (C=O) groups is 2. The number of hydrogen-bond acceptors (Lipinski definition) is 12. The predicted molar refractivity (Wildman–Crippen MR) is 211 cm³/mol. The van der Waals surface area contributed by atoms with Crippen LogP contribution in [0.15, 0.2) is 0 Å². The maximum Gasteiger partial charge on any atom is 0.658 e. The fourth-order valence-corrected chi connectivity index (χ4v) is 15.9. The summed E-state index contributed by atoms with van der Waals surface area (Å²) in [5, 5.41) is 0. The topological polar surface area (TPSA) is 126 Å². The molecular weight excluding hydrogens is 740 g/mol. The van der Waals surface area contributed by atoms with E-state index in [0.717, 1.165) is 32.1 Å². The molecule has 2 aliphatic carbocycles. The summed E-state index contributed by atoms with van der Waals surface area (Å²) in [5.74, 6) is -0.759. The molecule has 0 saturated heterocycles. The van der Waals surface area contributed by atoms with Crippen LogP contribution in [-0.2, 0) is 54.9 Å². The fraction of sp³-hybridized carbons (Fsp3) is 0.944. The Morgan fingerprint density at radius 3 is 1.58 bits per heavy atom. The average Bonchev–Trinajstić information content (AvgIpc) is 3.28. The SMILES string of the molecule is CC(=O)OCCOC(OCCOC(C)=O)O[C@@H]1[C@H](OP(C)C)[C@@H](CO[Si](OC2CCCCCCCCCCC2)(O[Si](C)(C)C)O[Si](C)(C)C)C[C@H]1C. The minimum absolute atomic E-state index is 0.0255. The summed E-state index contributed by atoms with van der Waals surface area (Å²) in [6.07, 6.45) is 13.3. The molecule has 0 aromatic heterocycles. The highest BCUT2D eigenvalue weighted by molar-refractivity contribution is 7.50. The van der Waals surface area contributed by atoms with Crippen LogP contribution in [0.2, 0.25) is 39.3 Å². The molecule has 0 spiro atoms. The molecule has 0 bridgehead atoms. The Hall–Kier alpha value is -0.299. The molecule has 4 atom stereocenters. The van der Waals surface area contributed by atoms with Gasteiger partial charge in [0.15, 0.2) is 16.6 Å². The van der Waals surface area contributed by atoms with Crippen LogP contribution in [-0.4, -0.2) is 109 Å². The van der Waals surface area contributed by atoms with Gasteiger partial charge in [0.2, 0.25) is 0 Å². The molecule has 0 aromatic carbocycles. The molecule has 0 radical (unpaired) electrons. The van der Waals surface area contributed by atoms with E-state index in [2.05, 4.69) is 59.5 Å². The van der Waals surface area contributed by atoms with Crippen molar-refractivity contribution in [3.8, 4) is 0 Å². The van der Waals surface area contributed by atoms with Gasteiger partial charge >= 0.3 is 21.0 Å². The van der Waals surface area contributed by atoms with Gasteiger partial charge in [0.25, 0.3) is 6.48 Å². The number of hydrogen-bond donors (Lipinski definition) is 0. The minimum atomic E-state index is -3.62. The number of carbonyl (C=O) groups excluding carboxylic acids is 2. The molecule has 2 aliphatic rings. The lowest BCUT2D eigenvalue weighted by molar-refractivity contribution is -0.317. The molecule has 0 N–H and O–H groups in total. The van der Waals surface area contributed by atoms with E-state index >= 15 is 0 Å². The smallest absolute Gasteiger partial charge is 0.463 e.